The lowest BCUT2D eigenvalue weighted by Gasteiger charge is -2.14. The number of thiocarbonyl (C=S) groups is 1. The Balaban J connectivity index is 1.99. The first kappa shape index (κ1) is 15.9. The Hall–Kier alpha value is -2.93. The number of rotatable bonds is 3. The molecule has 2 aromatic carbocycles. The topological polar surface area (TPSA) is 61.8 Å². The summed E-state index contributed by atoms with van der Waals surface area (Å²) in [6.07, 6.45) is 1.44. The fourth-order valence-electron chi connectivity index (χ4n) is 2.36. The van der Waals surface area contributed by atoms with Gasteiger partial charge in [0.05, 0.1) is 12.8 Å². The number of para-hydroxylation sites is 2. The number of nitrogens with zero attached hydrogens (tertiary/aromatic N) is 1. The highest BCUT2D eigenvalue weighted by Gasteiger charge is 2.33. The van der Waals surface area contributed by atoms with Gasteiger partial charge in [0.25, 0.3) is 5.91 Å². The second-order valence-electron chi connectivity index (χ2n) is 4.98. The van der Waals surface area contributed by atoms with Crippen molar-refractivity contribution >= 4 is 35.0 Å². The number of benzene rings is 2. The summed E-state index contributed by atoms with van der Waals surface area (Å²) >= 11 is 5.13. The van der Waals surface area contributed by atoms with Crippen molar-refractivity contribution in [1.29, 1.82) is 0 Å². The quantitative estimate of drug-likeness (QED) is 0.662. The molecular formula is C17H13FN2O3S. The summed E-state index contributed by atoms with van der Waals surface area (Å²) in [5.41, 5.74) is 0.577. The van der Waals surface area contributed by atoms with Gasteiger partial charge in [-0.25, -0.2) is 9.29 Å². The summed E-state index contributed by atoms with van der Waals surface area (Å²) in [5, 5.41) is 12.9. The average molecular weight is 344 g/mol. The summed E-state index contributed by atoms with van der Waals surface area (Å²) in [6.45, 7) is 0. The van der Waals surface area contributed by atoms with E-state index < -0.39 is 11.7 Å². The molecule has 1 aliphatic rings. The van der Waals surface area contributed by atoms with E-state index in [2.05, 4.69) is 5.32 Å². The highest BCUT2D eigenvalue weighted by atomic mass is 32.1. The maximum absolute atomic E-state index is 13.9. The number of hydrogen-bond donors (Lipinski definition) is 2. The summed E-state index contributed by atoms with van der Waals surface area (Å²) in [5.74, 6) is -0.881. The number of phenols is 1. The molecule has 0 unspecified atom stereocenters. The zero-order valence-electron chi connectivity index (χ0n) is 12.6. The highest BCUT2D eigenvalue weighted by Crippen LogP contribution is 2.32. The van der Waals surface area contributed by atoms with E-state index in [0.29, 0.717) is 5.56 Å². The molecule has 2 aromatic rings. The predicted molar refractivity (Wildman–Crippen MR) is 92.3 cm³/mol. The van der Waals surface area contributed by atoms with E-state index in [0.717, 1.165) is 4.90 Å². The number of amides is 1. The first-order valence-corrected chi connectivity index (χ1v) is 7.41. The lowest BCUT2D eigenvalue weighted by Crippen LogP contribution is -2.31. The highest BCUT2D eigenvalue weighted by molar-refractivity contribution is 7.80. The Kier molecular flexibility index (Phi) is 4.18. The maximum Gasteiger partial charge on any atom is 0.281 e. The van der Waals surface area contributed by atoms with E-state index in [1.54, 1.807) is 24.3 Å². The molecule has 122 valence electrons. The number of aromatic hydroxyl groups is 1. The molecule has 1 aliphatic heterocycles. The zero-order chi connectivity index (χ0) is 17.3. The number of anilines is 1. The van der Waals surface area contributed by atoms with E-state index in [-0.39, 0.29) is 28.0 Å². The van der Waals surface area contributed by atoms with Crippen molar-refractivity contribution in [3.63, 3.8) is 0 Å². The lowest BCUT2D eigenvalue weighted by molar-refractivity contribution is -0.113. The molecule has 0 radical (unpaired) electrons. The number of carbonyl (C=O) groups is 1. The third-order valence-electron chi connectivity index (χ3n) is 3.52. The third-order valence-corrected chi connectivity index (χ3v) is 3.81. The first-order valence-electron chi connectivity index (χ1n) is 7.00. The first-order chi connectivity index (χ1) is 11.5. The SMILES string of the molecule is COc1cccc(/C=C2\NC(=S)N(c3ccccc3F)C2=O)c1O. The van der Waals surface area contributed by atoms with Crippen LogP contribution in [-0.2, 0) is 4.79 Å². The minimum atomic E-state index is -0.555. The second kappa shape index (κ2) is 6.29. The van der Waals surface area contributed by atoms with Crippen molar-refractivity contribution in [2.45, 2.75) is 0 Å². The molecule has 1 fully saturated rings. The van der Waals surface area contributed by atoms with Crippen LogP contribution in [0, 0.1) is 5.82 Å². The van der Waals surface area contributed by atoms with Crippen molar-refractivity contribution in [1.82, 2.24) is 5.32 Å². The van der Waals surface area contributed by atoms with Gasteiger partial charge in [-0.15, -0.1) is 0 Å². The van der Waals surface area contributed by atoms with Gasteiger partial charge in [-0.2, -0.15) is 0 Å². The van der Waals surface area contributed by atoms with Gasteiger partial charge in [0.15, 0.2) is 16.6 Å². The fraction of sp³-hybridized carbons (Fsp3) is 0.0588. The van der Waals surface area contributed by atoms with Crippen LogP contribution in [0.1, 0.15) is 5.56 Å². The van der Waals surface area contributed by atoms with Crippen LogP contribution in [0.4, 0.5) is 10.1 Å². The van der Waals surface area contributed by atoms with Gasteiger partial charge in [-0.3, -0.25) is 4.79 Å². The molecule has 0 bridgehead atoms. The van der Waals surface area contributed by atoms with Gasteiger partial charge in [0, 0.05) is 5.56 Å². The van der Waals surface area contributed by atoms with Gasteiger partial charge in [-0.05, 0) is 36.5 Å². The van der Waals surface area contributed by atoms with Crippen molar-refractivity contribution in [2.75, 3.05) is 12.0 Å². The van der Waals surface area contributed by atoms with Gasteiger partial charge in [0.1, 0.15) is 11.5 Å². The van der Waals surface area contributed by atoms with Crippen LogP contribution in [0.2, 0.25) is 0 Å². The van der Waals surface area contributed by atoms with E-state index in [9.17, 15) is 14.3 Å². The molecule has 0 spiro atoms. The minimum absolute atomic E-state index is 0.0678. The van der Waals surface area contributed by atoms with Crippen LogP contribution in [0.15, 0.2) is 48.2 Å². The van der Waals surface area contributed by atoms with Crippen molar-refractivity contribution in [3.05, 3.63) is 59.5 Å². The van der Waals surface area contributed by atoms with Gasteiger partial charge in [0.2, 0.25) is 0 Å². The van der Waals surface area contributed by atoms with Crippen LogP contribution in [0.5, 0.6) is 11.5 Å². The van der Waals surface area contributed by atoms with Crippen LogP contribution >= 0.6 is 12.2 Å². The number of ether oxygens (including phenoxy) is 1. The van der Waals surface area contributed by atoms with Crippen LogP contribution in [0.3, 0.4) is 0 Å². The molecule has 0 saturated carbocycles. The molecule has 3 rings (SSSR count). The van der Waals surface area contributed by atoms with Crippen molar-refractivity contribution in [3.8, 4) is 11.5 Å². The van der Waals surface area contributed by atoms with E-state index in [1.165, 1.54) is 31.4 Å². The van der Waals surface area contributed by atoms with Crippen LogP contribution < -0.4 is 15.0 Å². The van der Waals surface area contributed by atoms with Crippen molar-refractivity contribution < 1.29 is 19.0 Å². The normalized spacial score (nSPS) is 15.8. The molecule has 24 heavy (non-hydrogen) atoms. The van der Waals surface area contributed by atoms with Crippen LogP contribution in [0.25, 0.3) is 6.08 Å². The predicted octanol–water partition coefficient (Wildman–Crippen LogP) is 2.80. The number of phenolic OH excluding ortho intramolecular Hbond substituents is 1. The van der Waals surface area contributed by atoms with Crippen LogP contribution in [-0.4, -0.2) is 23.2 Å². The Morgan fingerprint density at radius 1 is 1.25 bits per heavy atom. The minimum Gasteiger partial charge on any atom is -0.504 e. The Morgan fingerprint density at radius 2 is 2.00 bits per heavy atom. The van der Waals surface area contributed by atoms with E-state index >= 15 is 0 Å². The smallest absolute Gasteiger partial charge is 0.281 e. The molecule has 0 aromatic heterocycles. The third kappa shape index (κ3) is 2.69. The zero-order valence-corrected chi connectivity index (χ0v) is 13.4. The molecule has 2 N–H and O–H groups in total. The molecule has 1 heterocycles. The van der Waals surface area contributed by atoms with E-state index in [1.807, 2.05) is 0 Å². The van der Waals surface area contributed by atoms with Gasteiger partial charge in [-0.1, -0.05) is 24.3 Å². The molecule has 1 amide bonds. The number of hydrogen-bond acceptors (Lipinski definition) is 4. The van der Waals surface area contributed by atoms with E-state index in [4.69, 9.17) is 17.0 Å². The number of methoxy groups -OCH3 is 1. The standard InChI is InChI=1S/C17H13FN2O3S/c1-23-14-8-4-5-10(15(14)21)9-12-16(22)20(17(24)19-12)13-7-3-2-6-11(13)18/h2-9,21H,1H3,(H,19,24)/b12-9-. The molecule has 0 atom stereocenters. The molecule has 1 saturated heterocycles. The molecule has 5 nitrogen and oxygen atoms in total. The van der Waals surface area contributed by atoms with Gasteiger partial charge < -0.3 is 15.2 Å². The Labute approximate surface area is 143 Å². The lowest BCUT2D eigenvalue weighted by atomic mass is 10.1. The monoisotopic (exact) mass is 344 g/mol. The molecule has 7 heteroatoms. The largest absolute Gasteiger partial charge is 0.504 e. The number of nitrogens with one attached hydrogen (secondary N) is 1. The van der Waals surface area contributed by atoms with Gasteiger partial charge >= 0.3 is 0 Å². The summed E-state index contributed by atoms with van der Waals surface area (Å²) < 4.78 is 19.0. The fourth-order valence-corrected chi connectivity index (χ4v) is 2.65. The molecular weight excluding hydrogens is 331 g/mol. The number of carbonyl (C=O) groups excluding carboxylic acids is 1. The molecule has 0 aliphatic carbocycles. The average Bonchev–Trinajstić information content (AvgIpc) is 2.84. The Morgan fingerprint density at radius 3 is 2.71 bits per heavy atom. The summed E-state index contributed by atoms with van der Waals surface area (Å²) in [4.78, 5) is 13.6. The van der Waals surface area contributed by atoms with Crippen molar-refractivity contribution in [2.24, 2.45) is 0 Å². The Bertz CT molecular complexity index is 867. The summed E-state index contributed by atoms with van der Waals surface area (Å²) in [7, 11) is 1.43. The second-order valence-corrected chi connectivity index (χ2v) is 5.36. The summed E-state index contributed by atoms with van der Waals surface area (Å²) in [6, 6.07) is 10.8. The number of halogens is 1. The maximum atomic E-state index is 13.9.